The first-order valence-corrected chi connectivity index (χ1v) is 5.40. The number of aromatic nitrogens is 2. The van der Waals surface area contributed by atoms with Gasteiger partial charge in [-0.2, -0.15) is 5.10 Å². The second kappa shape index (κ2) is 5.22. The highest BCUT2D eigenvalue weighted by Crippen LogP contribution is 2.22. The Morgan fingerprint density at radius 1 is 1.50 bits per heavy atom. The maximum absolute atomic E-state index is 11.8. The molecule has 0 atom stereocenters. The Labute approximate surface area is 104 Å². The molecule has 0 aliphatic heterocycles. The van der Waals surface area contributed by atoms with Crippen LogP contribution >= 0.6 is 0 Å². The number of nitrogens with two attached hydrogens (primary N) is 1. The van der Waals surface area contributed by atoms with Gasteiger partial charge in [-0.25, -0.2) is 0 Å². The van der Waals surface area contributed by atoms with E-state index in [0.29, 0.717) is 17.1 Å². The van der Waals surface area contributed by atoms with E-state index in [1.165, 1.54) is 10.9 Å². The molecule has 0 aliphatic carbocycles. The molecule has 3 N–H and O–H groups in total. The van der Waals surface area contributed by atoms with Crippen molar-refractivity contribution in [2.24, 2.45) is 0 Å². The maximum atomic E-state index is 11.8. The van der Waals surface area contributed by atoms with Crippen LogP contribution < -0.4 is 15.8 Å². The highest BCUT2D eigenvalue weighted by Gasteiger charge is 2.07. The van der Waals surface area contributed by atoms with Crippen LogP contribution in [0, 0.1) is 0 Å². The fourth-order valence-corrected chi connectivity index (χ4v) is 1.55. The fourth-order valence-electron chi connectivity index (χ4n) is 1.55. The van der Waals surface area contributed by atoms with Crippen molar-refractivity contribution in [2.45, 2.75) is 6.54 Å². The van der Waals surface area contributed by atoms with Crippen LogP contribution in [0.2, 0.25) is 0 Å². The third kappa shape index (κ3) is 2.79. The van der Waals surface area contributed by atoms with E-state index in [1.54, 1.807) is 25.4 Å². The molecule has 2 rings (SSSR count). The minimum Gasteiger partial charge on any atom is -0.495 e. The van der Waals surface area contributed by atoms with Crippen molar-refractivity contribution in [1.82, 2.24) is 9.78 Å². The summed E-state index contributed by atoms with van der Waals surface area (Å²) in [5.41, 5.74) is 6.68. The molecule has 1 aromatic heterocycles. The molecule has 0 saturated carbocycles. The Hall–Kier alpha value is -2.50. The van der Waals surface area contributed by atoms with E-state index in [4.69, 9.17) is 10.5 Å². The molecule has 0 radical (unpaired) electrons. The molecule has 0 bridgehead atoms. The number of methoxy groups -OCH3 is 1. The van der Waals surface area contributed by atoms with Crippen molar-refractivity contribution < 1.29 is 9.53 Å². The van der Waals surface area contributed by atoms with Crippen LogP contribution in [-0.4, -0.2) is 22.8 Å². The second-order valence-corrected chi connectivity index (χ2v) is 3.72. The maximum Gasteiger partial charge on any atom is 0.246 e. The van der Waals surface area contributed by atoms with Gasteiger partial charge in [-0.15, -0.1) is 0 Å². The van der Waals surface area contributed by atoms with E-state index in [1.807, 2.05) is 12.1 Å². The van der Waals surface area contributed by atoms with Gasteiger partial charge in [0.1, 0.15) is 12.3 Å². The van der Waals surface area contributed by atoms with E-state index in [9.17, 15) is 4.79 Å². The SMILES string of the molecule is COc1ccccc1NC(=O)Cn1cc(N)cn1. The standard InChI is InChI=1S/C12H14N4O2/c1-18-11-5-3-2-4-10(11)15-12(17)8-16-7-9(13)6-14-16/h2-7H,8,13H2,1H3,(H,15,17). The van der Waals surface area contributed by atoms with Crippen LogP contribution in [0.3, 0.4) is 0 Å². The van der Waals surface area contributed by atoms with Crippen molar-refractivity contribution in [3.8, 4) is 5.75 Å². The molecule has 0 spiro atoms. The largest absolute Gasteiger partial charge is 0.495 e. The molecule has 94 valence electrons. The number of amides is 1. The number of hydrogen-bond acceptors (Lipinski definition) is 4. The quantitative estimate of drug-likeness (QED) is 0.846. The first-order chi connectivity index (χ1) is 8.69. The first kappa shape index (κ1) is 12.0. The van der Waals surface area contributed by atoms with Gasteiger partial charge in [-0.1, -0.05) is 12.1 Å². The summed E-state index contributed by atoms with van der Waals surface area (Å²) in [6.45, 7) is 0.106. The summed E-state index contributed by atoms with van der Waals surface area (Å²) in [5, 5.41) is 6.69. The van der Waals surface area contributed by atoms with Crippen molar-refractivity contribution in [3.05, 3.63) is 36.7 Å². The number of carbonyl (C=O) groups is 1. The Kier molecular flexibility index (Phi) is 3.47. The van der Waals surface area contributed by atoms with Gasteiger partial charge in [-0.3, -0.25) is 9.48 Å². The number of ether oxygens (including phenoxy) is 1. The number of anilines is 2. The van der Waals surface area contributed by atoms with Gasteiger partial charge >= 0.3 is 0 Å². The van der Waals surface area contributed by atoms with Crippen molar-refractivity contribution in [3.63, 3.8) is 0 Å². The lowest BCUT2D eigenvalue weighted by Gasteiger charge is -2.09. The van der Waals surface area contributed by atoms with Crippen LogP contribution in [0.15, 0.2) is 36.7 Å². The monoisotopic (exact) mass is 246 g/mol. The van der Waals surface area contributed by atoms with Gasteiger partial charge in [0.2, 0.25) is 5.91 Å². The Bertz CT molecular complexity index is 551. The minimum absolute atomic E-state index is 0.106. The number of nitrogen functional groups attached to an aromatic ring is 1. The predicted molar refractivity (Wildman–Crippen MR) is 68.3 cm³/mol. The molecule has 1 heterocycles. The lowest BCUT2D eigenvalue weighted by molar-refractivity contribution is -0.116. The summed E-state index contributed by atoms with van der Waals surface area (Å²) in [4.78, 5) is 11.8. The smallest absolute Gasteiger partial charge is 0.246 e. The lowest BCUT2D eigenvalue weighted by Crippen LogP contribution is -2.19. The number of rotatable bonds is 4. The summed E-state index contributed by atoms with van der Waals surface area (Å²) < 4.78 is 6.62. The molecule has 2 aromatic rings. The van der Waals surface area contributed by atoms with E-state index >= 15 is 0 Å². The zero-order chi connectivity index (χ0) is 13.0. The molecular weight excluding hydrogens is 232 g/mol. The number of benzene rings is 1. The summed E-state index contributed by atoms with van der Waals surface area (Å²) in [5.74, 6) is 0.424. The fraction of sp³-hybridized carbons (Fsp3) is 0.167. The third-order valence-corrected chi connectivity index (χ3v) is 2.34. The van der Waals surface area contributed by atoms with Crippen LogP contribution in [0.4, 0.5) is 11.4 Å². The van der Waals surface area contributed by atoms with Gasteiger partial charge in [0.05, 0.1) is 24.7 Å². The molecule has 0 unspecified atom stereocenters. The van der Waals surface area contributed by atoms with Crippen molar-refractivity contribution >= 4 is 17.3 Å². The summed E-state index contributed by atoms with van der Waals surface area (Å²) >= 11 is 0. The molecule has 1 amide bonds. The summed E-state index contributed by atoms with van der Waals surface area (Å²) in [6, 6.07) is 7.21. The Morgan fingerprint density at radius 2 is 2.28 bits per heavy atom. The molecule has 6 heteroatoms. The topological polar surface area (TPSA) is 82.2 Å². The van der Waals surface area contributed by atoms with E-state index in [-0.39, 0.29) is 12.5 Å². The molecular formula is C12H14N4O2. The number of carbonyl (C=O) groups excluding carboxylic acids is 1. The second-order valence-electron chi connectivity index (χ2n) is 3.72. The van der Waals surface area contributed by atoms with E-state index in [2.05, 4.69) is 10.4 Å². The van der Waals surface area contributed by atoms with Crippen molar-refractivity contribution in [1.29, 1.82) is 0 Å². The van der Waals surface area contributed by atoms with Crippen LogP contribution in [0.1, 0.15) is 0 Å². The van der Waals surface area contributed by atoms with Crippen LogP contribution in [-0.2, 0) is 11.3 Å². The zero-order valence-electron chi connectivity index (χ0n) is 9.96. The summed E-state index contributed by atoms with van der Waals surface area (Å²) in [7, 11) is 1.55. The van der Waals surface area contributed by atoms with E-state index < -0.39 is 0 Å². The molecule has 0 aliphatic rings. The first-order valence-electron chi connectivity index (χ1n) is 5.40. The van der Waals surface area contributed by atoms with Gasteiger partial charge in [0, 0.05) is 6.20 Å². The highest BCUT2D eigenvalue weighted by atomic mass is 16.5. The van der Waals surface area contributed by atoms with Gasteiger partial charge in [0.15, 0.2) is 0 Å². The Morgan fingerprint density at radius 3 is 2.94 bits per heavy atom. The van der Waals surface area contributed by atoms with Crippen molar-refractivity contribution in [2.75, 3.05) is 18.2 Å². The molecule has 1 aromatic carbocycles. The highest BCUT2D eigenvalue weighted by molar-refractivity contribution is 5.92. The number of nitrogens with zero attached hydrogens (tertiary/aromatic N) is 2. The predicted octanol–water partition coefficient (Wildman–Crippen LogP) is 1.11. The average Bonchev–Trinajstić information content (AvgIpc) is 2.75. The molecule has 0 fully saturated rings. The molecule has 0 saturated heterocycles. The zero-order valence-corrected chi connectivity index (χ0v) is 9.96. The summed E-state index contributed by atoms with van der Waals surface area (Å²) in [6.07, 6.45) is 3.10. The average molecular weight is 246 g/mol. The number of nitrogens with one attached hydrogen (secondary N) is 1. The number of hydrogen-bond donors (Lipinski definition) is 2. The van der Waals surface area contributed by atoms with E-state index in [0.717, 1.165) is 0 Å². The van der Waals surface area contributed by atoms with Crippen LogP contribution in [0.5, 0.6) is 5.75 Å². The van der Waals surface area contributed by atoms with Crippen LogP contribution in [0.25, 0.3) is 0 Å². The normalized spacial score (nSPS) is 10.1. The lowest BCUT2D eigenvalue weighted by atomic mass is 10.3. The minimum atomic E-state index is -0.192. The molecule has 6 nitrogen and oxygen atoms in total. The van der Waals surface area contributed by atoms with Gasteiger partial charge < -0.3 is 15.8 Å². The third-order valence-electron chi connectivity index (χ3n) is 2.34. The van der Waals surface area contributed by atoms with Gasteiger partial charge in [-0.05, 0) is 12.1 Å². The van der Waals surface area contributed by atoms with Gasteiger partial charge in [0.25, 0.3) is 0 Å². The molecule has 18 heavy (non-hydrogen) atoms. The Balaban J connectivity index is 2.03. The number of para-hydroxylation sites is 2.